The van der Waals surface area contributed by atoms with Gasteiger partial charge < -0.3 is 0 Å². The quantitative estimate of drug-likeness (QED) is 0.608. The second kappa shape index (κ2) is 5.54. The van der Waals surface area contributed by atoms with Crippen LogP contribution in [0.3, 0.4) is 0 Å². The van der Waals surface area contributed by atoms with E-state index in [1.807, 2.05) is 10.6 Å². The van der Waals surface area contributed by atoms with Crippen molar-refractivity contribution >= 4 is 24.3 Å². The van der Waals surface area contributed by atoms with Crippen LogP contribution in [-0.4, -0.2) is 12.6 Å². The number of allylic oxidation sites excluding steroid dienone is 1. The Morgan fingerprint density at radius 1 is 1.33 bits per heavy atom. The highest BCUT2D eigenvalue weighted by atomic mass is 28.3. The molecule has 1 heterocycles. The smallest absolute Gasteiger partial charge is 0.188 e. The maximum atomic E-state index is 9.65. The maximum Gasteiger partial charge on any atom is 0.188 e. The molecule has 0 aliphatic carbocycles. The maximum absolute atomic E-state index is 9.65. The zero-order chi connectivity index (χ0) is 15.8. The highest BCUT2D eigenvalue weighted by Crippen LogP contribution is 2.27. The summed E-state index contributed by atoms with van der Waals surface area (Å²) >= 11 is 0. The summed E-state index contributed by atoms with van der Waals surface area (Å²) < 4.78 is 1.85. The van der Waals surface area contributed by atoms with Gasteiger partial charge in [0.15, 0.2) is 6.19 Å². The molecule has 0 aliphatic rings. The molecule has 3 heteroatoms. The summed E-state index contributed by atoms with van der Waals surface area (Å²) in [5.74, 6) is 0.492. The Kier molecular flexibility index (Phi) is 4.11. The van der Waals surface area contributed by atoms with Crippen LogP contribution in [0.4, 0.5) is 0 Å². The number of rotatable bonds is 4. The number of nitriles is 1. The van der Waals surface area contributed by atoms with Gasteiger partial charge in [0.2, 0.25) is 0 Å². The van der Waals surface area contributed by atoms with Gasteiger partial charge in [-0.2, -0.15) is 5.26 Å². The van der Waals surface area contributed by atoms with E-state index in [1.165, 1.54) is 21.8 Å². The molecule has 0 saturated heterocycles. The predicted octanol–water partition coefficient (Wildman–Crippen LogP) is 4.37. The summed E-state index contributed by atoms with van der Waals surface area (Å²) in [5.41, 5.74) is 3.66. The number of fused-ring (bicyclic) bond motifs is 1. The molecule has 0 aliphatic heterocycles. The molecule has 0 saturated carbocycles. The van der Waals surface area contributed by atoms with Crippen molar-refractivity contribution in [2.45, 2.75) is 45.8 Å². The van der Waals surface area contributed by atoms with E-state index in [-0.39, 0.29) is 0 Å². The zero-order valence-corrected chi connectivity index (χ0v) is 14.7. The lowest BCUT2D eigenvalue weighted by atomic mass is 10.00. The molecule has 2 nitrogen and oxygen atoms in total. The Morgan fingerprint density at radius 2 is 2.00 bits per heavy atom. The largest absolute Gasteiger partial charge is 0.255 e. The van der Waals surface area contributed by atoms with Crippen LogP contribution >= 0.6 is 0 Å². The Hall–Kier alpha value is -1.79. The number of nitrogens with zero attached hydrogens (tertiary/aromatic N) is 2. The van der Waals surface area contributed by atoms with Gasteiger partial charge in [-0.15, -0.1) is 6.58 Å². The number of benzene rings is 1. The number of hydrogen-bond donors (Lipinski definition) is 0. The number of aromatic nitrogens is 1. The predicted molar refractivity (Wildman–Crippen MR) is 93.9 cm³/mol. The minimum atomic E-state index is -1.62. The fourth-order valence-corrected chi connectivity index (χ4v) is 4.96. The topological polar surface area (TPSA) is 28.7 Å². The molecule has 0 radical (unpaired) electrons. The van der Waals surface area contributed by atoms with Crippen molar-refractivity contribution in [3.8, 4) is 6.19 Å². The van der Waals surface area contributed by atoms with Gasteiger partial charge in [-0.25, -0.2) is 0 Å². The summed E-state index contributed by atoms with van der Waals surface area (Å²) in [6.07, 6.45) is 5.16. The van der Waals surface area contributed by atoms with E-state index in [4.69, 9.17) is 0 Å². The minimum absolute atomic E-state index is 0.492. The fourth-order valence-electron chi connectivity index (χ4n) is 2.98. The van der Waals surface area contributed by atoms with E-state index in [0.29, 0.717) is 5.92 Å². The van der Waals surface area contributed by atoms with Crippen LogP contribution in [-0.2, 0) is 6.42 Å². The summed E-state index contributed by atoms with van der Waals surface area (Å²) in [6, 6.07) is 6.51. The first-order valence-corrected chi connectivity index (χ1v) is 11.0. The van der Waals surface area contributed by atoms with Gasteiger partial charge in [0, 0.05) is 10.7 Å². The minimum Gasteiger partial charge on any atom is -0.255 e. The van der Waals surface area contributed by atoms with Crippen molar-refractivity contribution in [2.24, 2.45) is 0 Å². The average Bonchev–Trinajstić information content (AvgIpc) is 2.72. The summed E-state index contributed by atoms with van der Waals surface area (Å²) in [6.45, 7) is 15.2. The summed E-state index contributed by atoms with van der Waals surface area (Å²) in [5, 5.41) is 12.1. The van der Waals surface area contributed by atoms with Crippen LogP contribution < -0.4 is 5.32 Å². The van der Waals surface area contributed by atoms with Crippen LogP contribution in [0, 0.1) is 11.5 Å². The van der Waals surface area contributed by atoms with Gasteiger partial charge in [-0.05, 0) is 35.6 Å². The first kappa shape index (κ1) is 15.6. The highest BCUT2D eigenvalue weighted by Gasteiger charge is 2.28. The highest BCUT2D eigenvalue weighted by molar-refractivity contribution is 6.88. The van der Waals surface area contributed by atoms with Gasteiger partial charge in [0.25, 0.3) is 0 Å². The van der Waals surface area contributed by atoms with Gasteiger partial charge in [-0.3, -0.25) is 4.57 Å². The molecule has 0 unspecified atom stereocenters. The molecule has 2 rings (SSSR count). The third-order valence-corrected chi connectivity index (χ3v) is 5.87. The van der Waals surface area contributed by atoms with E-state index in [9.17, 15) is 5.26 Å². The Balaban J connectivity index is 2.91. The normalized spacial score (nSPS) is 11.9. The molecule has 110 valence electrons. The SMILES string of the molecule is C=CCc1c([Si](C)(C)C)n(C#N)c2ccc(C(C)C)cc12. The summed E-state index contributed by atoms with van der Waals surface area (Å²) in [7, 11) is -1.62. The third kappa shape index (κ3) is 2.68. The lowest BCUT2D eigenvalue weighted by Crippen LogP contribution is -2.44. The van der Waals surface area contributed by atoms with E-state index >= 15 is 0 Å². The molecule has 0 atom stereocenters. The molecular formula is C18H24N2Si. The molecule has 2 aromatic rings. The first-order valence-electron chi connectivity index (χ1n) is 7.50. The molecule has 0 amide bonds. The van der Waals surface area contributed by atoms with Crippen LogP contribution in [0.1, 0.15) is 30.9 Å². The molecule has 0 N–H and O–H groups in total. The molecule has 21 heavy (non-hydrogen) atoms. The van der Waals surface area contributed by atoms with Crippen molar-refractivity contribution in [3.63, 3.8) is 0 Å². The third-order valence-electron chi connectivity index (χ3n) is 3.92. The van der Waals surface area contributed by atoms with Crippen molar-refractivity contribution in [2.75, 3.05) is 0 Å². The zero-order valence-electron chi connectivity index (χ0n) is 13.7. The number of hydrogen-bond acceptors (Lipinski definition) is 1. The second-order valence-electron chi connectivity index (χ2n) is 6.94. The molecule has 0 spiro atoms. The Bertz CT molecular complexity index is 724. The lowest BCUT2D eigenvalue weighted by molar-refractivity contribution is 0.868. The van der Waals surface area contributed by atoms with Gasteiger partial charge in [0.1, 0.15) is 8.07 Å². The molecular weight excluding hydrogens is 272 g/mol. The van der Waals surface area contributed by atoms with E-state index < -0.39 is 8.07 Å². The lowest BCUT2D eigenvalue weighted by Gasteiger charge is -2.18. The summed E-state index contributed by atoms with van der Waals surface area (Å²) in [4.78, 5) is 0. The molecule has 0 fully saturated rings. The van der Waals surface area contributed by atoms with Gasteiger partial charge >= 0.3 is 0 Å². The van der Waals surface area contributed by atoms with E-state index in [2.05, 4.69) is 64.5 Å². The molecule has 0 bridgehead atoms. The van der Waals surface area contributed by atoms with Crippen molar-refractivity contribution < 1.29 is 0 Å². The van der Waals surface area contributed by atoms with E-state index in [1.54, 1.807) is 0 Å². The van der Waals surface area contributed by atoms with Gasteiger partial charge in [0.05, 0.1) is 5.52 Å². The van der Waals surface area contributed by atoms with Crippen LogP contribution in [0.25, 0.3) is 10.9 Å². The Labute approximate surface area is 128 Å². The van der Waals surface area contributed by atoms with Gasteiger partial charge in [-0.1, -0.05) is 45.6 Å². The second-order valence-corrected chi connectivity index (χ2v) is 11.9. The van der Waals surface area contributed by atoms with E-state index in [0.717, 1.165) is 11.9 Å². The van der Waals surface area contributed by atoms with Crippen molar-refractivity contribution in [1.29, 1.82) is 5.26 Å². The van der Waals surface area contributed by atoms with Crippen LogP contribution in [0.2, 0.25) is 19.6 Å². The van der Waals surface area contributed by atoms with Crippen LogP contribution in [0.5, 0.6) is 0 Å². The average molecular weight is 296 g/mol. The standard InChI is InChI=1S/C18H24N2Si/c1-7-8-15-16-11-14(13(2)3)9-10-17(16)20(12-19)18(15)21(4,5)6/h7,9-11,13H,1,8H2,2-6H3. The van der Waals surface area contributed by atoms with Crippen molar-refractivity contribution in [3.05, 3.63) is 42.0 Å². The van der Waals surface area contributed by atoms with Crippen molar-refractivity contribution in [1.82, 2.24) is 4.57 Å². The Morgan fingerprint density at radius 3 is 2.48 bits per heavy atom. The van der Waals surface area contributed by atoms with Crippen LogP contribution in [0.15, 0.2) is 30.9 Å². The fraction of sp³-hybridized carbons (Fsp3) is 0.389. The first-order chi connectivity index (χ1) is 9.81. The molecule has 1 aromatic carbocycles. The monoisotopic (exact) mass is 296 g/mol. The molecule has 1 aromatic heterocycles.